The molecule has 1 fully saturated rings. The zero-order valence-corrected chi connectivity index (χ0v) is 10.5. The standard InChI is InChI=1S/C11H20N2O4/c1-11(2,7-14)12(3)10(17)13-6-4-5-8(13)9(15)16/h8,14H,4-7H2,1-3H3,(H,15,16)/t8-/m1/s1. The van der Waals surface area contributed by atoms with Gasteiger partial charge in [-0.2, -0.15) is 0 Å². The smallest absolute Gasteiger partial charge is 0.326 e. The second-order valence-electron chi connectivity index (χ2n) is 5.00. The van der Waals surface area contributed by atoms with Crippen LogP contribution in [0, 0.1) is 0 Å². The summed E-state index contributed by atoms with van der Waals surface area (Å²) in [7, 11) is 1.58. The third-order valence-electron chi connectivity index (χ3n) is 3.37. The van der Waals surface area contributed by atoms with Gasteiger partial charge in [0.25, 0.3) is 0 Å². The van der Waals surface area contributed by atoms with Gasteiger partial charge in [0.05, 0.1) is 12.1 Å². The number of likely N-dealkylation sites (tertiary alicyclic amines) is 1. The Morgan fingerprint density at radius 1 is 1.47 bits per heavy atom. The first-order valence-electron chi connectivity index (χ1n) is 5.69. The van der Waals surface area contributed by atoms with Crippen LogP contribution in [0.4, 0.5) is 4.79 Å². The van der Waals surface area contributed by atoms with Crippen molar-refractivity contribution in [3.63, 3.8) is 0 Å². The molecular weight excluding hydrogens is 224 g/mol. The molecule has 0 aromatic carbocycles. The third kappa shape index (κ3) is 2.69. The number of carbonyl (C=O) groups is 2. The highest BCUT2D eigenvalue weighted by Gasteiger charge is 2.38. The maximum atomic E-state index is 12.1. The number of aliphatic hydroxyl groups excluding tert-OH is 1. The van der Waals surface area contributed by atoms with Crippen LogP contribution in [-0.4, -0.2) is 63.8 Å². The number of carboxylic acids is 1. The number of carboxylic acid groups (broad SMARTS) is 1. The molecule has 0 saturated carbocycles. The lowest BCUT2D eigenvalue weighted by Crippen LogP contribution is -2.55. The topological polar surface area (TPSA) is 81.1 Å². The highest BCUT2D eigenvalue weighted by Crippen LogP contribution is 2.22. The Morgan fingerprint density at radius 2 is 2.06 bits per heavy atom. The summed E-state index contributed by atoms with van der Waals surface area (Å²) in [4.78, 5) is 25.9. The summed E-state index contributed by atoms with van der Waals surface area (Å²) in [6.45, 7) is 3.76. The van der Waals surface area contributed by atoms with Crippen molar-refractivity contribution in [2.24, 2.45) is 0 Å². The number of hydrogen-bond acceptors (Lipinski definition) is 3. The van der Waals surface area contributed by atoms with E-state index in [-0.39, 0.29) is 12.6 Å². The van der Waals surface area contributed by atoms with Crippen LogP contribution in [0.2, 0.25) is 0 Å². The molecule has 0 unspecified atom stereocenters. The van der Waals surface area contributed by atoms with Crippen molar-refractivity contribution >= 4 is 12.0 Å². The maximum Gasteiger partial charge on any atom is 0.326 e. The van der Waals surface area contributed by atoms with E-state index in [0.717, 1.165) is 0 Å². The summed E-state index contributed by atoms with van der Waals surface area (Å²) in [5.74, 6) is -0.967. The van der Waals surface area contributed by atoms with Crippen LogP contribution in [0.15, 0.2) is 0 Å². The van der Waals surface area contributed by atoms with E-state index in [1.807, 2.05) is 0 Å². The van der Waals surface area contributed by atoms with Crippen molar-refractivity contribution in [2.75, 3.05) is 20.2 Å². The molecule has 1 heterocycles. The van der Waals surface area contributed by atoms with Crippen LogP contribution in [0.1, 0.15) is 26.7 Å². The molecule has 1 aliphatic heterocycles. The fourth-order valence-corrected chi connectivity index (χ4v) is 1.81. The lowest BCUT2D eigenvalue weighted by molar-refractivity contribution is -0.141. The highest BCUT2D eigenvalue weighted by molar-refractivity contribution is 5.83. The van der Waals surface area contributed by atoms with Crippen molar-refractivity contribution < 1.29 is 19.8 Å². The van der Waals surface area contributed by atoms with E-state index in [1.165, 1.54) is 9.80 Å². The minimum absolute atomic E-state index is 0.166. The molecule has 0 radical (unpaired) electrons. The van der Waals surface area contributed by atoms with Gasteiger partial charge in [0, 0.05) is 13.6 Å². The molecule has 0 aromatic rings. The Kier molecular flexibility index (Phi) is 3.98. The summed E-state index contributed by atoms with van der Waals surface area (Å²) < 4.78 is 0. The summed E-state index contributed by atoms with van der Waals surface area (Å²) in [6, 6.07) is -1.08. The van der Waals surface area contributed by atoms with Crippen LogP contribution in [0.25, 0.3) is 0 Å². The predicted molar refractivity (Wildman–Crippen MR) is 61.7 cm³/mol. The SMILES string of the molecule is CN(C(=O)N1CCC[C@@H]1C(=O)O)C(C)(C)CO. The minimum atomic E-state index is -0.967. The summed E-state index contributed by atoms with van der Waals surface area (Å²) in [6.07, 6.45) is 1.20. The Hall–Kier alpha value is -1.30. The van der Waals surface area contributed by atoms with Gasteiger partial charge in [-0.3, -0.25) is 0 Å². The lowest BCUT2D eigenvalue weighted by atomic mass is 10.1. The monoisotopic (exact) mass is 244 g/mol. The second-order valence-corrected chi connectivity index (χ2v) is 5.00. The number of likely N-dealkylation sites (N-methyl/N-ethyl adjacent to an activating group) is 1. The minimum Gasteiger partial charge on any atom is -0.480 e. The van der Waals surface area contributed by atoms with E-state index in [4.69, 9.17) is 5.11 Å². The largest absolute Gasteiger partial charge is 0.480 e. The molecule has 1 saturated heterocycles. The van der Waals surface area contributed by atoms with Gasteiger partial charge in [-0.25, -0.2) is 9.59 Å². The van der Waals surface area contributed by atoms with Crippen LogP contribution >= 0.6 is 0 Å². The van der Waals surface area contributed by atoms with E-state index in [0.29, 0.717) is 19.4 Å². The molecule has 1 atom stereocenters. The molecule has 1 rings (SSSR count). The normalized spacial score (nSPS) is 20.5. The van der Waals surface area contributed by atoms with Crippen LogP contribution in [-0.2, 0) is 4.79 Å². The Morgan fingerprint density at radius 3 is 2.53 bits per heavy atom. The number of amides is 2. The Bertz CT molecular complexity index is 317. The molecular formula is C11H20N2O4. The number of urea groups is 1. The number of carbonyl (C=O) groups excluding carboxylic acids is 1. The van der Waals surface area contributed by atoms with E-state index in [2.05, 4.69) is 0 Å². The van der Waals surface area contributed by atoms with E-state index in [1.54, 1.807) is 20.9 Å². The first kappa shape index (κ1) is 13.8. The molecule has 0 aromatic heterocycles. The van der Waals surface area contributed by atoms with Gasteiger partial charge in [0.1, 0.15) is 6.04 Å². The van der Waals surface area contributed by atoms with E-state index in [9.17, 15) is 14.7 Å². The molecule has 98 valence electrons. The Labute approximate surface area is 101 Å². The molecule has 2 amide bonds. The number of nitrogens with zero attached hydrogens (tertiary/aromatic N) is 2. The molecule has 2 N–H and O–H groups in total. The molecule has 0 spiro atoms. The fraction of sp³-hybridized carbons (Fsp3) is 0.818. The average molecular weight is 244 g/mol. The summed E-state index contributed by atoms with van der Waals surface area (Å²) in [5.41, 5.74) is -0.692. The van der Waals surface area contributed by atoms with Gasteiger partial charge < -0.3 is 20.0 Å². The molecule has 0 aliphatic carbocycles. The van der Waals surface area contributed by atoms with Gasteiger partial charge in [-0.05, 0) is 26.7 Å². The van der Waals surface area contributed by atoms with Gasteiger partial charge in [0.15, 0.2) is 0 Å². The lowest BCUT2D eigenvalue weighted by Gasteiger charge is -2.37. The van der Waals surface area contributed by atoms with Crippen molar-refractivity contribution in [2.45, 2.75) is 38.3 Å². The predicted octanol–water partition coefficient (Wildman–Crippen LogP) is 0.358. The van der Waals surface area contributed by atoms with Crippen molar-refractivity contribution in [1.82, 2.24) is 9.80 Å². The van der Waals surface area contributed by atoms with Gasteiger partial charge in [-0.15, -0.1) is 0 Å². The quantitative estimate of drug-likeness (QED) is 0.751. The van der Waals surface area contributed by atoms with Crippen molar-refractivity contribution in [1.29, 1.82) is 0 Å². The number of hydrogen-bond donors (Lipinski definition) is 2. The third-order valence-corrected chi connectivity index (χ3v) is 3.37. The molecule has 17 heavy (non-hydrogen) atoms. The van der Waals surface area contributed by atoms with E-state index >= 15 is 0 Å². The van der Waals surface area contributed by atoms with Crippen molar-refractivity contribution in [3.05, 3.63) is 0 Å². The molecule has 1 aliphatic rings. The fourth-order valence-electron chi connectivity index (χ4n) is 1.81. The summed E-state index contributed by atoms with van der Waals surface area (Å²) >= 11 is 0. The first-order valence-corrected chi connectivity index (χ1v) is 5.69. The average Bonchev–Trinajstić information content (AvgIpc) is 2.75. The molecule has 0 bridgehead atoms. The number of aliphatic carboxylic acids is 1. The first-order chi connectivity index (χ1) is 7.81. The van der Waals surface area contributed by atoms with Crippen LogP contribution in [0.5, 0.6) is 0 Å². The zero-order valence-electron chi connectivity index (χ0n) is 10.5. The highest BCUT2D eigenvalue weighted by atomic mass is 16.4. The summed E-state index contributed by atoms with van der Waals surface area (Å²) in [5, 5.41) is 18.2. The van der Waals surface area contributed by atoms with Gasteiger partial charge in [-0.1, -0.05) is 0 Å². The molecule has 6 heteroatoms. The van der Waals surface area contributed by atoms with Crippen LogP contribution in [0.3, 0.4) is 0 Å². The number of aliphatic hydroxyl groups is 1. The van der Waals surface area contributed by atoms with Gasteiger partial charge >= 0.3 is 12.0 Å². The van der Waals surface area contributed by atoms with Crippen molar-refractivity contribution in [3.8, 4) is 0 Å². The van der Waals surface area contributed by atoms with Crippen LogP contribution < -0.4 is 0 Å². The number of rotatable bonds is 3. The maximum absolute atomic E-state index is 12.1. The second kappa shape index (κ2) is 4.91. The van der Waals surface area contributed by atoms with E-state index < -0.39 is 17.6 Å². The Balaban J connectivity index is 2.79. The molecule has 6 nitrogen and oxygen atoms in total. The zero-order chi connectivity index (χ0) is 13.2. The van der Waals surface area contributed by atoms with Gasteiger partial charge in [0.2, 0.25) is 0 Å².